The van der Waals surface area contributed by atoms with Crippen LogP contribution < -0.4 is 5.73 Å². The lowest BCUT2D eigenvalue weighted by Crippen LogP contribution is -2.43. The first-order valence-electron chi connectivity index (χ1n) is 4.65. The van der Waals surface area contributed by atoms with Gasteiger partial charge in [-0.05, 0) is 48.6 Å². The third-order valence-corrected chi connectivity index (χ3v) is 4.71. The minimum atomic E-state index is 0.601. The molecule has 0 bridgehead atoms. The maximum Gasteiger partial charge on any atom is -0.00176 e. The molecule has 0 aromatic carbocycles. The summed E-state index contributed by atoms with van der Waals surface area (Å²) >= 11 is 2.12. The van der Waals surface area contributed by atoms with Gasteiger partial charge in [0, 0.05) is 0 Å². The van der Waals surface area contributed by atoms with E-state index in [-0.39, 0.29) is 0 Å². The van der Waals surface area contributed by atoms with Gasteiger partial charge in [0.1, 0.15) is 0 Å². The van der Waals surface area contributed by atoms with Crippen LogP contribution in [0.25, 0.3) is 0 Å². The van der Waals surface area contributed by atoms with E-state index in [0.717, 1.165) is 12.5 Å². The third-order valence-electron chi connectivity index (χ3n) is 3.55. The van der Waals surface area contributed by atoms with E-state index in [1.807, 2.05) is 0 Å². The van der Waals surface area contributed by atoms with Crippen molar-refractivity contribution in [3.05, 3.63) is 0 Å². The van der Waals surface area contributed by atoms with Crippen molar-refractivity contribution in [1.29, 1.82) is 0 Å². The molecule has 1 atom stereocenters. The molecule has 2 heteroatoms. The molecular formula is C9H17NS. The lowest BCUT2D eigenvalue weighted by molar-refractivity contribution is 0.0733. The summed E-state index contributed by atoms with van der Waals surface area (Å²) < 4.78 is 0. The van der Waals surface area contributed by atoms with Crippen LogP contribution in [0.3, 0.4) is 0 Å². The first-order chi connectivity index (χ1) is 5.37. The van der Waals surface area contributed by atoms with Crippen molar-refractivity contribution < 1.29 is 0 Å². The summed E-state index contributed by atoms with van der Waals surface area (Å²) in [5.41, 5.74) is 6.44. The molecule has 0 aromatic heterocycles. The molecule has 1 saturated carbocycles. The highest BCUT2D eigenvalue weighted by Gasteiger charge is 2.43. The summed E-state index contributed by atoms with van der Waals surface area (Å²) in [7, 11) is 0. The van der Waals surface area contributed by atoms with E-state index in [9.17, 15) is 0 Å². The fourth-order valence-electron chi connectivity index (χ4n) is 2.43. The molecule has 1 saturated heterocycles. The SMILES string of the molecule is NCC1(C2CCSC2)CCC1. The number of nitrogens with two attached hydrogens (primary N) is 1. The Bertz CT molecular complexity index is 131. The summed E-state index contributed by atoms with van der Waals surface area (Å²) in [6, 6.07) is 0. The number of thioether (sulfide) groups is 1. The van der Waals surface area contributed by atoms with Crippen LogP contribution in [-0.4, -0.2) is 18.1 Å². The first kappa shape index (κ1) is 7.93. The van der Waals surface area contributed by atoms with Gasteiger partial charge in [-0.15, -0.1) is 0 Å². The Hall–Kier alpha value is 0.310. The number of hydrogen-bond donors (Lipinski definition) is 1. The van der Waals surface area contributed by atoms with Crippen molar-refractivity contribution in [2.24, 2.45) is 17.1 Å². The van der Waals surface area contributed by atoms with Crippen molar-refractivity contribution in [1.82, 2.24) is 0 Å². The molecule has 1 heterocycles. The molecule has 1 nitrogen and oxygen atoms in total. The van der Waals surface area contributed by atoms with E-state index in [1.54, 1.807) is 0 Å². The van der Waals surface area contributed by atoms with Gasteiger partial charge in [-0.3, -0.25) is 0 Å². The Balaban J connectivity index is 1.99. The molecule has 1 aliphatic carbocycles. The Morgan fingerprint density at radius 1 is 1.45 bits per heavy atom. The van der Waals surface area contributed by atoms with Gasteiger partial charge in [-0.1, -0.05) is 6.42 Å². The van der Waals surface area contributed by atoms with E-state index in [1.165, 1.54) is 37.2 Å². The smallest absolute Gasteiger partial charge is 0.00176 e. The second-order valence-corrected chi connectivity index (χ2v) is 5.13. The van der Waals surface area contributed by atoms with Crippen LogP contribution in [-0.2, 0) is 0 Å². The molecule has 1 aliphatic heterocycles. The van der Waals surface area contributed by atoms with E-state index in [2.05, 4.69) is 11.8 Å². The lowest BCUT2D eigenvalue weighted by Gasteiger charge is -2.45. The third kappa shape index (κ3) is 1.20. The minimum absolute atomic E-state index is 0.601. The normalized spacial score (nSPS) is 35.2. The summed E-state index contributed by atoms with van der Waals surface area (Å²) in [5.74, 6) is 3.73. The highest BCUT2D eigenvalue weighted by Crippen LogP contribution is 2.50. The summed E-state index contributed by atoms with van der Waals surface area (Å²) in [6.07, 6.45) is 5.68. The second kappa shape index (κ2) is 2.98. The van der Waals surface area contributed by atoms with Crippen LogP contribution >= 0.6 is 11.8 Å². The molecule has 0 amide bonds. The van der Waals surface area contributed by atoms with Gasteiger partial charge in [0.05, 0.1) is 0 Å². The first-order valence-corrected chi connectivity index (χ1v) is 5.81. The molecule has 2 N–H and O–H groups in total. The van der Waals surface area contributed by atoms with E-state index in [4.69, 9.17) is 5.73 Å². The lowest BCUT2D eigenvalue weighted by atomic mass is 9.61. The van der Waals surface area contributed by atoms with Crippen molar-refractivity contribution in [3.63, 3.8) is 0 Å². The average Bonchev–Trinajstić information content (AvgIpc) is 2.39. The summed E-state index contributed by atoms with van der Waals surface area (Å²) in [6.45, 7) is 0.943. The average molecular weight is 171 g/mol. The van der Waals surface area contributed by atoms with Gasteiger partial charge in [0.2, 0.25) is 0 Å². The standard InChI is InChI=1S/C9H17NS/c10-7-9(3-1-4-9)8-2-5-11-6-8/h8H,1-7,10H2. The highest BCUT2D eigenvalue weighted by atomic mass is 32.2. The fourth-order valence-corrected chi connectivity index (χ4v) is 3.85. The Labute approximate surface area is 73.1 Å². The topological polar surface area (TPSA) is 26.0 Å². The molecular weight excluding hydrogens is 154 g/mol. The van der Waals surface area contributed by atoms with Gasteiger partial charge in [-0.25, -0.2) is 0 Å². The van der Waals surface area contributed by atoms with Gasteiger partial charge >= 0.3 is 0 Å². The van der Waals surface area contributed by atoms with Crippen LogP contribution in [0.15, 0.2) is 0 Å². The van der Waals surface area contributed by atoms with Gasteiger partial charge in [0.15, 0.2) is 0 Å². The Kier molecular flexibility index (Phi) is 2.15. The van der Waals surface area contributed by atoms with Crippen molar-refractivity contribution in [2.45, 2.75) is 25.7 Å². The van der Waals surface area contributed by atoms with E-state index >= 15 is 0 Å². The molecule has 11 heavy (non-hydrogen) atoms. The molecule has 0 spiro atoms. The van der Waals surface area contributed by atoms with Gasteiger partial charge in [-0.2, -0.15) is 11.8 Å². The fraction of sp³-hybridized carbons (Fsp3) is 1.00. The monoisotopic (exact) mass is 171 g/mol. The van der Waals surface area contributed by atoms with Crippen molar-refractivity contribution >= 4 is 11.8 Å². The number of hydrogen-bond acceptors (Lipinski definition) is 2. The van der Waals surface area contributed by atoms with Crippen LogP contribution in [0.2, 0.25) is 0 Å². The minimum Gasteiger partial charge on any atom is -0.330 e. The molecule has 2 fully saturated rings. The molecule has 1 unspecified atom stereocenters. The van der Waals surface area contributed by atoms with Gasteiger partial charge in [0.25, 0.3) is 0 Å². The quantitative estimate of drug-likeness (QED) is 0.686. The van der Waals surface area contributed by atoms with Crippen LogP contribution in [0.5, 0.6) is 0 Å². The van der Waals surface area contributed by atoms with Crippen molar-refractivity contribution in [2.75, 3.05) is 18.1 Å². The maximum absolute atomic E-state index is 5.84. The summed E-state index contributed by atoms with van der Waals surface area (Å²) in [4.78, 5) is 0. The predicted octanol–water partition coefficient (Wildman–Crippen LogP) is 1.87. The second-order valence-electron chi connectivity index (χ2n) is 3.98. The van der Waals surface area contributed by atoms with E-state index < -0.39 is 0 Å². The van der Waals surface area contributed by atoms with Crippen LogP contribution in [0.1, 0.15) is 25.7 Å². The maximum atomic E-state index is 5.84. The van der Waals surface area contributed by atoms with Crippen LogP contribution in [0.4, 0.5) is 0 Å². The zero-order valence-corrected chi connectivity index (χ0v) is 7.83. The molecule has 0 radical (unpaired) electrons. The largest absolute Gasteiger partial charge is 0.330 e. The predicted molar refractivity (Wildman–Crippen MR) is 50.8 cm³/mol. The molecule has 0 aromatic rings. The van der Waals surface area contributed by atoms with Crippen molar-refractivity contribution in [3.8, 4) is 0 Å². The van der Waals surface area contributed by atoms with E-state index in [0.29, 0.717) is 5.41 Å². The Morgan fingerprint density at radius 3 is 2.64 bits per heavy atom. The molecule has 2 rings (SSSR count). The zero-order chi connectivity index (χ0) is 7.73. The van der Waals surface area contributed by atoms with Crippen LogP contribution in [0, 0.1) is 11.3 Å². The zero-order valence-electron chi connectivity index (χ0n) is 7.01. The number of rotatable bonds is 2. The molecule has 64 valence electrons. The summed E-state index contributed by atoms with van der Waals surface area (Å²) in [5, 5.41) is 0. The molecule has 2 aliphatic rings. The highest BCUT2D eigenvalue weighted by molar-refractivity contribution is 7.99. The van der Waals surface area contributed by atoms with Gasteiger partial charge < -0.3 is 5.73 Å². The Morgan fingerprint density at radius 2 is 2.27 bits per heavy atom.